The van der Waals surface area contributed by atoms with Crippen LogP contribution in [0, 0.1) is 10.1 Å². The van der Waals surface area contributed by atoms with Crippen LogP contribution in [0.25, 0.3) is 21.5 Å². The van der Waals surface area contributed by atoms with E-state index in [1.165, 1.54) is 23.5 Å². The second-order valence-corrected chi connectivity index (χ2v) is 8.84. The quantitative estimate of drug-likeness (QED) is 0.197. The zero-order chi connectivity index (χ0) is 23.5. The molecule has 1 amide bonds. The van der Waals surface area contributed by atoms with Gasteiger partial charge in [0, 0.05) is 17.5 Å². The fourth-order valence-corrected chi connectivity index (χ4v) is 4.21. The molecule has 2 aromatic carbocycles. The van der Waals surface area contributed by atoms with Gasteiger partial charge in [0.05, 0.1) is 41.6 Å². The van der Waals surface area contributed by atoms with Gasteiger partial charge in [-0.05, 0) is 30.3 Å². The Morgan fingerprint density at radius 3 is 2.61 bits per heavy atom. The van der Waals surface area contributed by atoms with E-state index in [-0.39, 0.29) is 22.0 Å². The van der Waals surface area contributed by atoms with E-state index in [1.807, 2.05) is 0 Å². The van der Waals surface area contributed by atoms with Crippen molar-refractivity contribution in [3.8, 4) is 10.6 Å². The lowest BCUT2D eigenvalue weighted by Gasteiger charge is -2.10. The molecule has 0 saturated carbocycles. The number of esters is 1. The molecule has 0 spiro atoms. The lowest BCUT2D eigenvalue weighted by molar-refractivity contribution is -0.384. The molecule has 0 atom stereocenters. The highest BCUT2D eigenvalue weighted by Crippen LogP contribution is 2.32. The van der Waals surface area contributed by atoms with Gasteiger partial charge in [-0.3, -0.25) is 14.9 Å². The maximum absolute atomic E-state index is 12.8. The Labute approximate surface area is 200 Å². The Hall–Kier alpha value is -3.53. The SMILES string of the molecule is O=C(COC(=O)c1cc(-c2ccc(Cl)s2)nc2ccccc12)Nc1cc([N+](=O)[O-])ccc1Cl. The number of para-hydroxylation sites is 1. The van der Waals surface area contributed by atoms with Gasteiger partial charge in [0.25, 0.3) is 11.6 Å². The zero-order valence-electron chi connectivity index (χ0n) is 16.6. The van der Waals surface area contributed by atoms with Crippen molar-refractivity contribution in [3.05, 3.63) is 85.7 Å². The number of fused-ring (bicyclic) bond motifs is 1. The summed E-state index contributed by atoms with van der Waals surface area (Å²) in [5.74, 6) is -1.42. The summed E-state index contributed by atoms with van der Waals surface area (Å²) in [7, 11) is 0. The third-order valence-electron chi connectivity index (χ3n) is 4.53. The predicted molar refractivity (Wildman–Crippen MR) is 127 cm³/mol. The smallest absolute Gasteiger partial charge is 0.339 e. The number of hydrogen-bond donors (Lipinski definition) is 1. The number of ether oxygens (including phenoxy) is 1. The molecule has 0 aliphatic heterocycles. The third-order valence-corrected chi connectivity index (χ3v) is 6.11. The Kier molecular flexibility index (Phi) is 6.55. The molecule has 11 heteroatoms. The van der Waals surface area contributed by atoms with Crippen LogP contribution in [-0.4, -0.2) is 28.4 Å². The van der Waals surface area contributed by atoms with E-state index in [2.05, 4.69) is 10.3 Å². The van der Waals surface area contributed by atoms with Gasteiger partial charge in [-0.25, -0.2) is 9.78 Å². The molecule has 8 nitrogen and oxygen atoms in total. The number of anilines is 1. The van der Waals surface area contributed by atoms with E-state index < -0.39 is 23.4 Å². The Balaban J connectivity index is 1.54. The van der Waals surface area contributed by atoms with E-state index >= 15 is 0 Å². The van der Waals surface area contributed by atoms with E-state index in [0.29, 0.717) is 20.9 Å². The van der Waals surface area contributed by atoms with Gasteiger partial charge in [0.15, 0.2) is 6.61 Å². The summed E-state index contributed by atoms with van der Waals surface area (Å²) >= 11 is 13.3. The van der Waals surface area contributed by atoms with Crippen molar-refractivity contribution in [1.82, 2.24) is 4.98 Å². The number of non-ortho nitro benzene ring substituents is 1. The first-order chi connectivity index (χ1) is 15.8. The van der Waals surface area contributed by atoms with E-state index in [9.17, 15) is 19.7 Å². The topological polar surface area (TPSA) is 111 Å². The molecular weight excluding hydrogens is 489 g/mol. The molecule has 0 fully saturated rings. The number of carbonyl (C=O) groups excluding carboxylic acids is 2. The molecule has 0 aliphatic rings. The number of amides is 1. The van der Waals surface area contributed by atoms with Crippen molar-refractivity contribution < 1.29 is 19.2 Å². The Morgan fingerprint density at radius 1 is 1.09 bits per heavy atom. The van der Waals surface area contributed by atoms with Crippen molar-refractivity contribution in [1.29, 1.82) is 0 Å². The van der Waals surface area contributed by atoms with E-state index in [1.54, 1.807) is 42.5 Å². The van der Waals surface area contributed by atoms with Gasteiger partial charge in [0.2, 0.25) is 0 Å². The molecular formula is C22H13Cl2N3O5S. The largest absolute Gasteiger partial charge is 0.452 e. The molecule has 166 valence electrons. The number of halogens is 2. The predicted octanol–water partition coefficient (Wildman–Crippen LogP) is 5.97. The summed E-state index contributed by atoms with van der Waals surface area (Å²) in [6.07, 6.45) is 0. The highest BCUT2D eigenvalue weighted by atomic mass is 35.5. The van der Waals surface area contributed by atoms with Crippen LogP contribution in [0.4, 0.5) is 11.4 Å². The zero-order valence-corrected chi connectivity index (χ0v) is 18.9. The molecule has 0 aliphatic carbocycles. The average Bonchev–Trinajstić information content (AvgIpc) is 3.24. The molecule has 4 aromatic rings. The standard InChI is InChI=1S/C22H13Cl2N3O5S/c23-15-6-5-12(27(30)31)9-17(15)26-21(28)11-32-22(29)14-10-18(19-7-8-20(24)33-19)25-16-4-2-1-3-13(14)16/h1-10H,11H2,(H,26,28). The highest BCUT2D eigenvalue weighted by molar-refractivity contribution is 7.19. The van der Waals surface area contributed by atoms with Crippen molar-refractivity contribution in [2.75, 3.05) is 11.9 Å². The molecule has 0 unspecified atom stereocenters. The van der Waals surface area contributed by atoms with Crippen molar-refractivity contribution in [3.63, 3.8) is 0 Å². The van der Waals surface area contributed by atoms with Crippen molar-refractivity contribution >= 4 is 68.7 Å². The summed E-state index contributed by atoms with van der Waals surface area (Å²) in [5, 5.41) is 14.0. The summed E-state index contributed by atoms with van der Waals surface area (Å²) in [5.41, 5.74) is 1.17. The van der Waals surface area contributed by atoms with Crippen molar-refractivity contribution in [2.45, 2.75) is 0 Å². The Morgan fingerprint density at radius 2 is 1.88 bits per heavy atom. The first-order valence-corrected chi connectivity index (χ1v) is 11.0. The van der Waals surface area contributed by atoms with Crippen LogP contribution in [0.15, 0.2) is 60.7 Å². The summed E-state index contributed by atoms with van der Waals surface area (Å²) in [6, 6.07) is 15.8. The highest BCUT2D eigenvalue weighted by Gasteiger charge is 2.18. The third kappa shape index (κ3) is 5.11. The number of carbonyl (C=O) groups is 2. The van der Waals surface area contributed by atoms with Crippen LogP contribution in [-0.2, 0) is 9.53 Å². The number of benzene rings is 2. The van der Waals surface area contributed by atoms with Crippen LogP contribution in [0.5, 0.6) is 0 Å². The van der Waals surface area contributed by atoms with Crippen LogP contribution >= 0.6 is 34.5 Å². The molecule has 0 radical (unpaired) electrons. The first kappa shape index (κ1) is 22.7. The first-order valence-electron chi connectivity index (χ1n) is 9.38. The second kappa shape index (κ2) is 9.53. The summed E-state index contributed by atoms with van der Waals surface area (Å²) < 4.78 is 5.79. The van der Waals surface area contributed by atoms with Crippen LogP contribution in [0.1, 0.15) is 10.4 Å². The summed E-state index contributed by atoms with van der Waals surface area (Å²) in [6.45, 7) is -0.616. The van der Waals surface area contributed by atoms with E-state index in [0.717, 1.165) is 10.9 Å². The monoisotopic (exact) mass is 501 g/mol. The van der Waals surface area contributed by atoms with Crippen molar-refractivity contribution in [2.24, 2.45) is 0 Å². The molecule has 0 saturated heterocycles. The van der Waals surface area contributed by atoms with Gasteiger partial charge >= 0.3 is 5.97 Å². The van der Waals surface area contributed by atoms with Crippen LogP contribution < -0.4 is 5.32 Å². The number of nitrogens with zero attached hydrogens (tertiary/aromatic N) is 2. The number of aromatic nitrogens is 1. The fourth-order valence-electron chi connectivity index (χ4n) is 3.04. The number of hydrogen-bond acceptors (Lipinski definition) is 7. The van der Waals surface area contributed by atoms with Crippen LogP contribution in [0.3, 0.4) is 0 Å². The van der Waals surface area contributed by atoms with Crippen LogP contribution in [0.2, 0.25) is 9.36 Å². The van der Waals surface area contributed by atoms with Gasteiger partial charge in [-0.1, -0.05) is 41.4 Å². The minimum atomic E-state index is -0.724. The van der Waals surface area contributed by atoms with Gasteiger partial charge < -0.3 is 10.1 Å². The second-order valence-electron chi connectivity index (χ2n) is 6.72. The molecule has 2 aromatic heterocycles. The lowest BCUT2D eigenvalue weighted by Crippen LogP contribution is -2.21. The number of pyridine rings is 1. The molecule has 4 rings (SSSR count). The maximum Gasteiger partial charge on any atom is 0.339 e. The number of thiophene rings is 1. The Bertz CT molecular complexity index is 1410. The van der Waals surface area contributed by atoms with Gasteiger partial charge in [0.1, 0.15) is 0 Å². The minimum absolute atomic E-state index is 0.0399. The maximum atomic E-state index is 12.8. The summed E-state index contributed by atoms with van der Waals surface area (Å²) in [4.78, 5) is 40.8. The number of nitro benzene ring substituents is 1. The molecule has 33 heavy (non-hydrogen) atoms. The molecule has 0 bridgehead atoms. The molecule has 2 heterocycles. The minimum Gasteiger partial charge on any atom is -0.452 e. The van der Waals surface area contributed by atoms with Gasteiger partial charge in [-0.15, -0.1) is 11.3 Å². The number of rotatable bonds is 6. The number of nitrogens with one attached hydrogen (secondary N) is 1. The van der Waals surface area contributed by atoms with Gasteiger partial charge in [-0.2, -0.15) is 0 Å². The van der Waals surface area contributed by atoms with E-state index in [4.69, 9.17) is 27.9 Å². The fraction of sp³-hybridized carbons (Fsp3) is 0.0455. The average molecular weight is 502 g/mol. The molecule has 1 N–H and O–H groups in total. The number of nitro groups is 1. The normalized spacial score (nSPS) is 10.7. The lowest BCUT2D eigenvalue weighted by atomic mass is 10.1.